The average Bonchev–Trinajstić information content (AvgIpc) is 3.46. The Bertz CT molecular complexity index is 1190. The third-order valence-corrected chi connectivity index (χ3v) is 6.20. The number of thioether (sulfide) groups is 1. The van der Waals surface area contributed by atoms with Crippen LogP contribution in [-0.4, -0.2) is 27.2 Å². The van der Waals surface area contributed by atoms with Crippen LogP contribution in [0.5, 0.6) is 5.75 Å². The zero-order valence-electron chi connectivity index (χ0n) is 16.6. The smallest absolute Gasteiger partial charge is 0.321 e. The first-order valence-corrected chi connectivity index (χ1v) is 11.3. The van der Waals surface area contributed by atoms with Crippen LogP contribution < -0.4 is 10.1 Å². The summed E-state index contributed by atoms with van der Waals surface area (Å²) in [6.07, 6.45) is 3.59. The summed E-state index contributed by atoms with van der Waals surface area (Å²) in [6.45, 7) is 2.03. The van der Waals surface area contributed by atoms with E-state index < -0.39 is 0 Å². The van der Waals surface area contributed by atoms with Gasteiger partial charge in [-0.05, 0) is 54.3 Å². The second-order valence-corrected chi connectivity index (χ2v) is 8.48. The minimum Gasteiger partial charge on any atom is -0.426 e. The van der Waals surface area contributed by atoms with Crippen LogP contribution in [0.25, 0.3) is 5.69 Å². The zero-order valence-corrected chi connectivity index (χ0v) is 18.3. The number of carbonyl (C=O) groups is 2. The highest BCUT2D eigenvalue weighted by Crippen LogP contribution is 2.23. The Hall–Kier alpha value is -3.36. The molecule has 0 radical (unpaired) electrons. The standard InChI is InChI=1S/C23H19N3O3S2/c1-16-5-2-3-6-19(16)26-13-12-24-23(26)31-15-21(27)29-18-10-8-17(9-11-18)25-22(28)20-7-4-14-30-20/h2-14H,15H2,1H3,(H,25,28). The maximum atomic E-state index is 12.3. The summed E-state index contributed by atoms with van der Waals surface area (Å²) >= 11 is 2.69. The van der Waals surface area contributed by atoms with E-state index in [-0.39, 0.29) is 17.6 Å². The van der Waals surface area contributed by atoms with Crippen LogP contribution in [0.1, 0.15) is 15.2 Å². The van der Waals surface area contributed by atoms with Gasteiger partial charge in [0.1, 0.15) is 5.75 Å². The monoisotopic (exact) mass is 449 g/mol. The molecule has 6 nitrogen and oxygen atoms in total. The van der Waals surface area contributed by atoms with Gasteiger partial charge in [0.15, 0.2) is 5.16 Å². The maximum absolute atomic E-state index is 12.3. The molecule has 1 amide bonds. The fourth-order valence-corrected chi connectivity index (χ4v) is 4.26. The molecule has 0 bridgehead atoms. The molecule has 2 heterocycles. The molecule has 0 aliphatic rings. The number of rotatable bonds is 7. The lowest BCUT2D eigenvalue weighted by molar-refractivity contribution is -0.131. The molecule has 2 aromatic carbocycles. The molecule has 0 unspecified atom stereocenters. The molecule has 156 valence electrons. The fourth-order valence-electron chi connectivity index (χ4n) is 2.90. The molecular weight excluding hydrogens is 430 g/mol. The number of para-hydroxylation sites is 1. The van der Waals surface area contributed by atoms with E-state index in [1.165, 1.54) is 23.1 Å². The summed E-state index contributed by atoms with van der Waals surface area (Å²) < 4.78 is 7.36. The number of carbonyl (C=O) groups excluding carboxylic acids is 2. The third-order valence-electron chi connectivity index (χ3n) is 4.39. The van der Waals surface area contributed by atoms with Gasteiger partial charge in [-0.15, -0.1) is 11.3 Å². The first-order valence-electron chi connectivity index (χ1n) is 9.48. The van der Waals surface area contributed by atoms with Gasteiger partial charge in [-0.25, -0.2) is 4.98 Å². The molecule has 4 rings (SSSR count). The van der Waals surface area contributed by atoms with Crippen LogP contribution in [-0.2, 0) is 4.79 Å². The number of aryl methyl sites for hydroxylation is 1. The van der Waals surface area contributed by atoms with E-state index in [1.54, 1.807) is 36.5 Å². The number of benzene rings is 2. The van der Waals surface area contributed by atoms with Crippen molar-refractivity contribution in [2.45, 2.75) is 12.1 Å². The molecule has 0 aliphatic heterocycles. The lowest BCUT2D eigenvalue weighted by Gasteiger charge is -2.10. The molecule has 4 aromatic rings. The van der Waals surface area contributed by atoms with Crippen molar-refractivity contribution in [1.29, 1.82) is 0 Å². The first kappa shape index (κ1) is 20.9. The van der Waals surface area contributed by atoms with Crippen LogP contribution in [0.3, 0.4) is 0 Å². The van der Waals surface area contributed by atoms with Crippen molar-refractivity contribution in [2.24, 2.45) is 0 Å². The number of esters is 1. The Balaban J connectivity index is 1.32. The summed E-state index contributed by atoms with van der Waals surface area (Å²) in [7, 11) is 0. The van der Waals surface area contributed by atoms with Gasteiger partial charge in [0.05, 0.1) is 16.3 Å². The Morgan fingerprint density at radius 2 is 1.90 bits per heavy atom. The maximum Gasteiger partial charge on any atom is 0.321 e. The summed E-state index contributed by atoms with van der Waals surface area (Å²) in [4.78, 5) is 29.4. The third kappa shape index (κ3) is 5.22. The van der Waals surface area contributed by atoms with E-state index in [4.69, 9.17) is 4.74 Å². The molecule has 8 heteroatoms. The molecular formula is C23H19N3O3S2. The van der Waals surface area contributed by atoms with Gasteiger partial charge in [-0.2, -0.15) is 0 Å². The number of imidazole rings is 1. The highest BCUT2D eigenvalue weighted by molar-refractivity contribution is 7.99. The first-order chi connectivity index (χ1) is 15.1. The van der Waals surface area contributed by atoms with E-state index in [0.717, 1.165) is 16.4 Å². The van der Waals surface area contributed by atoms with Crippen LogP contribution in [0, 0.1) is 6.92 Å². The summed E-state index contributed by atoms with van der Waals surface area (Å²) in [5.41, 5.74) is 2.78. The molecule has 0 atom stereocenters. The van der Waals surface area contributed by atoms with E-state index in [2.05, 4.69) is 10.3 Å². The van der Waals surface area contributed by atoms with Gasteiger partial charge < -0.3 is 10.1 Å². The van der Waals surface area contributed by atoms with Crippen molar-refractivity contribution in [3.05, 3.63) is 88.9 Å². The van der Waals surface area contributed by atoms with E-state index in [1.807, 2.05) is 53.4 Å². The van der Waals surface area contributed by atoms with Gasteiger partial charge in [0, 0.05) is 18.1 Å². The Kier molecular flexibility index (Phi) is 6.49. The number of hydrogen-bond donors (Lipinski definition) is 1. The number of hydrogen-bond acceptors (Lipinski definition) is 6. The molecule has 1 N–H and O–H groups in total. The minimum atomic E-state index is -0.375. The van der Waals surface area contributed by atoms with Gasteiger partial charge >= 0.3 is 5.97 Å². The SMILES string of the molecule is Cc1ccccc1-n1ccnc1SCC(=O)Oc1ccc(NC(=O)c2cccs2)cc1. The normalized spacial score (nSPS) is 10.6. The van der Waals surface area contributed by atoms with Crippen molar-refractivity contribution in [2.75, 3.05) is 11.1 Å². The topological polar surface area (TPSA) is 73.2 Å². The van der Waals surface area contributed by atoms with Crippen LogP contribution in [0.15, 0.2) is 83.6 Å². The predicted molar refractivity (Wildman–Crippen MR) is 123 cm³/mol. The zero-order chi connectivity index (χ0) is 21.6. The van der Waals surface area contributed by atoms with Crippen LogP contribution in [0.2, 0.25) is 0 Å². The van der Waals surface area contributed by atoms with E-state index in [9.17, 15) is 9.59 Å². The number of anilines is 1. The van der Waals surface area contributed by atoms with Gasteiger partial charge in [0.2, 0.25) is 0 Å². The number of amides is 1. The summed E-state index contributed by atoms with van der Waals surface area (Å²) in [6, 6.07) is 18.3. The number of nitrogens with zero attached hydrogens (tertiary/aromatic N) is 2. The van der Waals surface area contributed by atoms with Crippen LogP contribution >= 0.6 is 23.1 Å². The fraction of sp³-hybridized carbons (Fsp3) is 0.0870. The second-order valence-electron chi connectivity index (χ2n) is 6.58. The predicted octanol–water partition coefficient (Wildman–Crippen LogP) is 5.19. The van der Waals surface area contributed by atoms with Gasteiger partial charge in [-0.1, -0.05) is 36.0 Å². The van der Waals surface area contributed by atoms with E-state index >= 15 is 0 Å². The lowest BCUT2D eigenvalue weighted by atomic mass is 10.2. The quantitative estimate of drug-likeness (QED) is 0.239. The summed E-state index contributed by atoms with van der Waals surface area (Å²) in [5, 5.41) is 5.38. The minimum absolute atomic E-state index is 0.125. The van der Waals surface area contributed by atoms with Crippen molar-refractivity contribution < 1.29 is 14.3 Å². The highest BCUT2D eigenvalue weighted by atomic mass is 32.2. The van der Waals surface area contributed by atoms with Crippen LogP contribution in [0.4, 0.5) is 5.69 Å². The largest absolute Gasteiger partial charge is 0.426 e. The number of thiophene rings is 1. The lowest BCUT2D eigenvalue weighted by Crippen LogP contribution is -2.12. The number of aromatic nitrogens is 2. The van der Waals surface area contributed by atoms with Crippen molar-refractivity contribution in [3.8, 4) is 11.4 Å². The molecule has 0 aliphatic carbocycles. The Labute approximate surface area is 187 Å². The molecule has 0 saturated carbocycles. The van der Waals surface area contributed by atoms with Crippen molar-refractivity contribution in [1.82, 2.24) is 9.55 Å². The van der Waals surface area contributed by atoms with Crippen molar-refractivity contribution >= 4 is 40.7 Å². The highest BCUT2D eigenvalue weighted by Gasteiger charge is 2.12. The number of ether oxygens (including phenoxy) is 1. The average molecular weight is 450 g/mol. The molecule has 0 saturated heterocycles. The van der Waals surface area contributed by atoms with Gasteiger partial charge in [-0.3, -0.25) is 14.2 Å². The Morgan fingerprint density at radius 3 is 2.65 bits per heavy atom. The molecule has 31 heavy (non-hydrogen) atoms. The molecule has 0 fully saturated rings. The van der Waals surface area contributed by atoms with Gasteiger partial charge in [0.25, 0.3) is 5.91 Å². The summed E-state index contributed by atoms with van der Waals surface area (Å²) in [5.74, 6) is 0.00159. The van der Waals surface area contributed by atoms with Crippen molar-refractivity contribution in [3.63, 3.8) is 0 Å². The second kappa shape index (κ2) is 9.63. The molecule has 0 spiro atoms. The Morgan fingerprint density at radius 1 is 1.10 bits per heavy atom. The number of nitrogens with one attached hydrogen (secondary N) is 1. The molecule has 2 aromatic heterocycles. The van der Waals surface area contributed by atoms with E-state index in [0.29, 0.717) is 16.3 Å².